The summed E-state index contributed by atoms with van der Waals surface area (Å²) in [6.07, 6.45) is -0.394. The molecule has 0 aliphatic carbocycles. The van der Waals surface area contributed by atoms with Gasteiger partial charge in [-0.15, -0.1) is 0 Å². The normalized spacial score (nSPS) is 12.4. The minimum atomic E-state index is -0.394. The summed E-state index contributed by atoms with van der Waals surface area (Å²) in [4.78, 5) is 12.3. The monoisotopic (exact) mass is 161 g/mol. The van der Waals surface area contributed by atoms with Crippen LogP contribution in [0.25, 0.3) is 0 Å². The van der Waals surface area contributed by atoms with E-state index in [0.717, 1.165) is 0 Å². The highest BCUT2D eigenvalue weighted by atomic mass is 16.6. The number of aliphatic hydroxyl groups excluding tert-OH is 1. The number of hydrogen-bond acceptors (Lipinski definition) is 3. The Balaban J connectivity index is 3.80. The van der Waals surface area contributed by atoms with Gasteiger partial charge in [0.05, 0.1) is 19.3 Å². The molecule has 1 unspecified atom stereocenters. The highest BCUT2D eigenvalue weighted by molar-refractivity contribution is 5.67. The van der Waals surface area contributed by atoms with E-state index < -0.39 is 6.09 Å². The molecule has 0 saturated heterocycles. The molecule has 1 atom stereocenters. The van der Waals surface area contributed by atoms with Crippen molar-refractivity contribution in [2.45, 2.75) is 19.9 Å². The summed E-state index contributed by atoms with van der Waals surface area (Å²) in [5, 5.41) is 8.67. The fraction of sp³-hybridized carbons (Fsp3) is 0.857. The predicted octanol–water partition coefficient (Wildman–Crippen LogP) is 0.456. The van der Waals surface area contributed by atoms with Crippen molar-refractivity contribution in [3.8, 4) is 0 Å². The number of carbonyl (C=O) groups is 1. The molecule has 0 fully saturated rings. The second-order valence-corrected chi connectivity index (χ2v) is 2.34. The van der Waals surface area contributed by atoms with Crippen LogP contribution in [0.1, 0.15) is 13.8 Å². The van der Waals surface area contributed by atoms with Gasteiger partial charge in [0.1, 0.15) is 0 Å². The number of amides is 1. The largest absolute Gasteiger partial charge is 0.450 e. The molecule has 1 amide bonds. The van der Waals surface area contributed by atoms with E-state index in [4.69, 9.17) is 9.84 Å². The Kier molecular flexibility index (Phi) is 4.61. The molecule has 0 aliphatic rings. The lowest BCUT2D eigenvalue weighted by molar-refractivity contribution is 0.0892. The van der Waals surface area contributed by atoms with Crippen molar-refractivity contribution >= 4 is 6.09 Å². The Morgan fingerprint density at radius 1 is 1.73 bits per heavy atom. The molecule has 0 aromatic carbocycles. The van der Waals surface area contributed by atoms with Crippen molar-refractivity contribution in [2.75, 3.05) is 20.3 Å². The average Bonchev–Trinajstić information content (AvgIpc) is 2.02. The quantitative estimate of drug-likeness (QED) is 0.654. The van der Waals surface area contributed by atoms with Crippen LogP contribution < -0.4 is 0 Å². The summed E-state index contributed by atoms with van der Waals surface area (Å²) in [6, 6.07) is -0.186. The SMILES string of the molecule is CCOC(=O)N(C)C(C)CO. The lowest BCUT2D eigenvalue weighted by Gasteiger charge is -2.21. The smallest absolute Gasteiger partial charge is 0.409 e. The minimum absolute atomic E-state index is 0.0463. The van der Waals surface area contributed by atoms with Crippen LogP contribution in [0.2, 0.25) is 0 Å². The minimum Gasteiger partial charge on any atom is -0.450 e. The van der Waals surface area contributed by atoms with Crippen LogP contribution in [-0.2, 0) is 4.74 Å². The molecule has 0 spiro atoms. The van der Waals surface area contributed by atoms with E-state index in [-0.39, 0.29) is 12.6 Å². The van der Waals surface area contributed by atoms with E-state index in [1.165, 1.54) is 4.90 Å². The predicted molar refractivity (Wildman–Crippen MR) is 41.3 cm³/mol. The summed E-state index contributed by atoms with van der Waals surface area (Å²) in [5.74, 6) is 0. The summed E-state index contributed by atoms with van der Waals surface area (Å²) in [6.45, 7) is 3.81. The Labute approximate surface area is 66.8 Å². The van der Waals surface area contributed by atoms with Crippen LogP contribution in [0, 0.1) is 0 Å². The van der Waals surface area contributed by atoms with Crippen LogP contribution in [0.5, 0.6) is 0 Å². The summed E-state index contributed by atoms with van der Waals surface area (Å²) >= 11 is 0. The van der Waals surface area contributed by atoms with Crippen LogP contribution in [0.15, 0.2) is 0 Å². The lowest BCUT2D eigenvalue weighted by Crippen LogP contribution is -2.37. The molecule has 0 saturated carbocycles. The Bertz CT molecular complexity index is 127. The molecule has 4 nitrogen and oxygen atoms in total. The number of rotatable bonds is 3. The molecule has 11 heavy (non-hydrogen) atoms. The molecule has 66 valence electrons. The molecule has 0 bridgehead atoms. The van der Waals surface area contributed by atoms with E-state index in [2.05, 4.69) is 0 Å². The van der Waals surface area contributed by atoms with Gasteiger partial charge in [-0.2, -0.15) is 0 Å². The maximum atomic E-state index is 10.9. The second kappa shape index (κ2) is 4.96. The van der Waals surface area contributed by atoms with Gasteiger partial charge in [0, 0.05) is 7.05 Å². The number of nitrogens with zero attached hydrogens (tertiary/aromatic N) is 1. The first-order chi connectivity index (χ1) is 5.13. The van der Waals surface area contributed by atoms with Crippen LogP contribution >= 0.6 is 0 Å². The highest BCUT2D eigenvalue weighted by Crippen LogP contribution is 1.96. The topological polar surface area (TPSA) is 49.8 Å². The zero-order valence-electron chi connectivity index (χ0n) is 7.20. The fourth-order valence-electron chi connectivity index (χ4n) is 0.528. The Morgan fingerprint density at radius 2 is 2.27 bits per heavy atom. The zero-order valence-corrected chi connectivity index (χ0v) is 7.20. The summed E-state index contributed by atoms with van der Waals surface area (Å²) < 4.78 is 4.70. The van der Waals surface area contributed by atoms with Crippen molar-refractivity contribution in [3.63, 3.8) is 0 Å². The van der Waals surface area contributed by atoms with E-state index >= 15 is 0 Å². The van der Waals surface area contributed by atoms with E-state index in [1.807, 2.05) is 0 Å². The van der Waals surface area contributed by atoms with Crippen molar-refractivity contribution < 1.29 is 14.6 Å². The number of ether oxygens (including phenoxy) is 1. The van der Waals surface area contributed by atoms with Crippen molar-refractivity contribution in [2.24, 2.45) is 0 Å². The Hall–Kier alpha value is -0.770. The van der Waals surface area contributed by atoms with Crippen LogP contribution in [-0.4, -0.2) is 42.4 Å². The van der Waals surface area contributed by atoms with E-state index in [1.54, 1.807) is 20.9 Å². The number of carbonyl (C=O) groups excluding carboxylic acids is 1. The first kappa shape index (κ1) is 10.2. The summed E-state index contributed by atoms with van der Waals surface area (Å²) in [7, 11) is 1.60. The van der Waals surface area contributed by atoms with Gasteiger partial charge in [-0.05, 0) is 13.8 Å². The van der Waals surface area contributed by atoms with Gasteiger partial charge in [-0.1, -0.05) is 0 Å². The van der Waals surface area contributed by atoms with Gasteiger partial charge >= 0.3 is 6.09 Å². The van der Waals surface area contributed by atoms with Crippen molar-refractivity contribution in [1.29, 1.82) is 0 Å². The molecule has 0 aromatic rings. The van der Waals surface area contributed by atoms with Crippen molar-refractivity contribution in [1.82, 2.24) is 4.90 Å². The van der Waals surface area contributed by atoms with Gasteiger partial charge in [0.2, 0.25) is 0 Å². The second-order valence-electron chi connectivity index (χ2n) is 2.34. The maximum Gasteiger partial charge on any atom is 0.409 e. The third kappa shape index (κ3) is 3.23. The molecular weight excluding hydrogens is 146 g/mol. The van der Waals surface area contributed by atoms with Gasteiger partial charge in [0.25, 0.3) is 0 Å². The third-order valence-electron chi connectivity index (χ3n) is 1.48. The van der Waals surface area contributed by atoms with E-state index in [9.17, 15) is 4.79 Å². The average molecular weight is 161 g/mol. The van der Waals surface area contributed by atoms with Gasteiger partial charge < -0.3 is 14.7 Å². The molecule has 0 aliphatic heterocycles. The Morgan fingerprint density at radius 3 is 2.64 bits per heavy atom. The molecule has 0 radical (unpaired) electrons. The van der Waals surface area contributed by atoms with Gasteiger partial charge in [-0.3, -0.25) is 0 Å². The third-order valence-corrected chi connectivity index (χ3v) is 1.48. The maximum absolute atomic E-state index is 10.9. The number of likely N-dealkylation sites (N-methyl/N-ethyl adjacent to an activating group) is 1. The molecule has 0 rings (SSSR count). The summed E-state index contributed by atoms with van der Waals surface area (Å²) in [5.41, 5.74) is 0. The molecule has 0 heterocycles. The first-order valence-corrected chi connectivity index (χ1v) is 3.63. The number of hydrogen-bond donors (Lipinski definition) is 1. The number of aliphatic hydroxyl groups is 1. The molecule has 0 aromatic heterocycles. The lowest BCUT2D eigenvalue weighted by atomic mass is 10.3. The van der Waals surface area contributed by atoms with Crippen LogP contribution in [0.4, 0.5) is 4.79 Å². The molecule has 1 N–H and O–H groups in total. The van der Waals surface area contributed by atoms with Crippen LogP contribution in [0.3, 0.4) is 0 Å². The molecular formula is C7H15NO3. The van der Waals surface area contributed by atoms with Gasteiger partial charge in [-0.25, -0.2) is 4.79 Å². The zero-order chi connectivity index (χ0) is 8.85. The molecule has 4 heteroatoms. The van der Waals surface area contributed by atoms with Crippen molar-refractivity contribution in [3.05, 3.63) is 0 Å². The fourth-order valence-corrected chi connectivity index (χ4v) is 0.528. The first-order valence-electron chi connectivity index (χ1n) is 3.63. The highest BCUT2D eigenvalue weighted by Gasteiger charge is 2.14. The van der Waals surface area contributed by atoms with E-state index in [0.29, 0.717) is 6.61 Å². The standard InChI is InChI=1S/C7H15NO3/c1-4-11-7(10)8(3)6(2)5-9/h6,9H,4-5H2,1-3H3. The van der Waals surface area contributed by atoms with Gasteiger partial charge in [0.15, 0.2) is 0 Å².